The van der Waals surface area contributed by atoms with Gasteiger partial charge in [0.2, 0.25) is 0 Å². The monoisotopic (exact) mass is 210 g/mol. The molecule has 0 aromatic rings. The lowest BCUT2D eigenvalue weighted by atomic mass is 10.3. The van der Waals surface area contributed by atoms with E-state index in [1.165, 1.54) is 0 Å². The smallest absolute Gasteiger partial charge is 0.317 e. The summed E-state index contributed by atoms with van der Waals surface area (Å²) in [5, 5.41) is 8.49. The van der Waals surface area contributed by atoms with Crippen LogP contribution in [0.1, 0.15) is 6.42 Å². The van der Waals surface area contributed by atoms with Crippen molar-refractivity contribution in [1.29, 1.82) is 0 Å². The van der Waals surface area contributed by atoms with Gasteiger partial charge in [-0.25, -0.2) is 0 Å². The van der Waals surface area contributed by atoms with Gasteiger partial charge in [0.25, 0.3) is 0 Å². The molecule has 0 aliphatic carbocycles. The fraction of sp³-hybridized carbons (Fsp3) is 0.364. The van der Waals surface area contributed by atoms with E-state index < -0.39 is 5.97 Å². The molecule has 0 bridgehead atoms. The van der Waals surface area contributed by atoms with Crippen molar-refractivity contribution < 1.29 is 9.90 Å². The van der Waals surface area contributed by atoms with Crippen LogP contribution in [-0.2, 0) is 4.79 Å². The minimum Gasteiger partial charge on any atom is -0.480 e. The first kappa shape index (κ1) is 13.4. The van der Waals surface area contributed by atoms with Gasteiger partial charge in [0.05, 0.1) is 6.54 Å². The van der Waals surface area contributed by atoms with Crippen LogP contribution in [0, 0.1) is 0 Å². The van der Waals surface area contributed by atoms with Gasteiger partial charge in [0.15, 0.2) is 0 Å². The molecule has 0 amide bonds. The van der Waals surface area contributed by atoms with Crippen molar-refractivity contribution in [2.45, 2.75) is 6.42 Å². The van der Waals surface area contributed by atoms with E-state index in [2.05, 4.69) is 6.58 Å². The minimum absolute atomic E-state index is 0.0679. The fourth-order valence-electron chi connectivity index (χ4n) is 0.948. The normalized spacial score (nSPS) is 12.3. The Morgan fingerprint density at radius 2 is 2.27 bits per heavy atom. The molecular formula is C11H18N2O2. The van der Waals surface area contributed by atoms with E-state index in [0.717, 1.165) is 6.42 Å². The summed E-state index contributed by atoms with van der Waals surface area (Å²) in [6.07, 6.45) is 7.90. The number of hydrogen-bond donors (Lipinski definition) is 2. The average Bonchev–Trinajstić information content (AvgIpc) is 2.15. The molecule has 0 radical (unpaired) electrons. The molecule has 0 atom stereocenters. The van der Waals surface area contributed by atoms with Gasteiger partial charge in [-0.1, -0.05) is 18.7 Å². The summed E-state index contributed by atoms with van der Waals surface area (Å²) in [7, 11) is 1.77. The molecule has 0 aromatic heterocycles. The number of carboxylic acids is 1. The number of carboxylic acid groups (broad SMARTS) is 1. The number of allylic oxidation sites excluding steroid dienone is 3. The SMILES string of the molecule is C=C/C(N)=C\C=C\CCN(C)CC(=O)O. The molecule has 0 saturated carbocycles. The first-order valence-corrected chi connectivity index (χ1v) is 4.71. The quantitative estimate of drug-likeness (QED) is 0.615. The summed E-state index contributed by atoms with van der Waals surface area (Å²) in [5.41, 5.74) is 6.10. The lowest BCUT2D eigenvalue weighted by Crippen LogP contribution is -2.26. The van der Waals surface area contributed by atoms with Crippen LogP contribution in [0.2, 0.25) is 0 Å². The maximum atomic E-state index is 10.3. The number of nitrogens with zero attached hydrogens (tertiary/aromatic N) is 1. The first-order chi connectivity index (χ1) is 7.06. The molecule has 0 saturated heterocycles. The second kappa shape index (κ2) is 7.82. The number of rotatable bonds is 7. The van der Waals surface area contributed by atoms with E-state index in [1.54, 1.807) is 24.1 Å². The molecule has 0 aliphatic rings. The third-order valence-electron chi connectivity index (χ3n) is 1.74. The molecule has 0 spiro atoms. The second-order valence-corrected chi connectivity index (χ2v) is 3.22. The highest BCUT2D eigenvalue weighted by Crippen LogP contribution is 1.91. The molecule has 0 aliphatic heterocycles. The zero-order valence-electron chi connectivity index (χ0n) is 9.02. The van der Waals surface area contributed by atoms with Crippen molar-refractivity contribution in [2.24, 2.45) is 5.73 Å². The molecule has 0 rings (SSSR count). The highest BCUT2D eigenvalue weighted by Gasteiger charge is 2.01. The van der Waals surface area contributed by atoms with Gasteiger partial charge >= 0.3 is 5.97 Å². The summed E-state index contributed by atoms with van der Waals surface area (Å²) < 4.78 is 0. The Labute approximate surface area is 90.4 Å². The zero-order chi connectivity index (χ0) is 11.7. The second-order valence-electron chi connectivity index (χ2n) is 3.22. The lowest BCUT2D eigenvalue weighted by molar-refractivity contribution is -0.137. The van der Waals surface area contributed by atoms with Crippen LogP contribution in [0.25, 0.3) is 0 Å². The summed E-state index contributed by atoms with van der Waals surface area (Å²) in [6, 6.07) is 0. The molecule has 0 heterocycles. The van der Waals surface area contributed by atoms with E-state index in [0.29, 0.717) is 12.2 Å². The van der Waals surface area contributed by atoms with Crippen molar-refractivity contribution in [3.8, 4) is 0 Å². The van der Waals surface area contributed by atoms with E-state index in [4.69, 9.17) is 10.8 Å². The highest BCUT2D eigenvalue weighted by atomic mass is 16.4. The van der Waals surface area contributed by atoms with E-state index >= 15 is 0 Å². The minimum atomic E-state index is -0.808. The Morgan fingerprint density at radius 1 is 1.60 bits per heavy atom. The van der Waals surface area contributed by atoms with Crippen LogP contribution in [0.5, 0.6) is 0 Å². The van der Waals surface area contributed by atoms with Crippen molar-refractivity contribution in [3.05, 3.63) is 36.6 Å². The third kappa shape index (κ3) is 8.77. The van der Waals surface area contributed by atoms with Crippen LogP contribution < -0.4 is 5.73 Å². The van der Waals surface area contributed by atoms with Crippen molar-refractivity contribution in [1.82, 2.24) is 4.90 Å². The maximum absolute atomic E-state index is 10.3. The van der Waals surface area contributed by atoms with Crippen LogP contribution in [0.3, 0.4) is 0 Å². The number of aliphatic carboxylic acids is 1. The van der Waals surface area contributed by atoms with Gasteiger partial charge in [0.1, 0.15) is 0 Å². The van der Waals surface area contributed by atoms with Gasteiger partial charge < -0.3 is 10.8 Å². The average molecular weight is 210 g/mol. The Bertz CT molecular complexity index is 270. The van der Waals surface area contributed by atoms with Crippen LogP contribution >= 0.6 is 0 Å². The van der Waals surface area contributed by atoms with E-state index in [1.807, 2.05) is 12.2 Å². The van der Waals surface area contributed by atoms with Crippen LogP contribution in [0.15, 0.2) is 36.6 Å². The molecule has 4 heteroatoms. The van der Waals surface area contributed by atoms with Crippen molar-refractivity contribution in [3.63, 3.8) is 0 Å². The fourth-order valence-corrected chi connectivity index (χ4v) is 0.948. The topological polar surface area (TPSA) is 66.6 Å². The molecule has 3 N–H and O–H groups in total. The molecule has 15 heavy (non-hydrogen) atoms. The predicted molar refractivity (Wildman–Crippen MR) is 61.4 cm³/mol. The Morgan fingerprint density at radius 3 is 2.80 bits per heavy atom. The molecular weight excluding hydrogens is 192 g/mol. The first-order valence-electron chi connectivity index (χ1n) is 4.71. The summed E-state index contributed by atoms with van der Waals surface area (Å²) >= 11 is 0. The van der Waals surface area contributed by atoms with Crippen molar-refractivity contribution >= 4 is 5.97 Å². The maximum Gasteiger partial charge on any atom is 0.317 e. The molecule has 0 unspecified atom stereocenters. The third-order valence-corrected chi connectivity index (χ3v) is 1.74. The number of nitrogens with two attached hydrogens (primary N) is 1. The standard InChI is InChI=1S/C11H18N2O2/c1-3-10(12)7-5-4-6-8-13(2)9-11(14)15/h3-5,7H,1,6,8-9,12H2,2H3,(H,14,15)/b5-4+,10-7+. The summed E-state index contributed by atoms with van der Waals surface area (Å²) in [5.74, 6) is -0.808. The van der Waals surface area contributed by atoms with Gasteiger partial charge in [-0.15, -0.1) is 0 Å². The number of likely N-dealkylation sites (N-methyl/N-ethyl adjacent to an activating group) is 1. The largest absolute Gasteiger partial charge is 0.480 e. The Hall–Kier alpha value is -1.55. The van der Waals surface area contributed by atoms with Gasteiger partial charge in [-0.3, -0.25) is 9.69 Å². The Balaban J connectivity index is 3.69. The molecule has 4 nitrogen and oxygen atoms in total. The van der Waals surface area contributed by atoms with Crippen LogP contribution in [0.4, 0.5) is 0 Å². The van der Waals surface area contributed by atoms with E-state index in [9.17, 15) is 4.79 Å². The summed E-state index contributed by atoms with van der Waals surface area (Å²) in [6.45, 7) is 4.30. The molecule has 0 aromatic carbocycles. The number of carbonyl (C=O) groups is 1. The van der Waals surface area contributed by atoms with Gasteiger partial charge in [-0.05, 0) is 25.6 Å². The zero-order valence-corrected chi connectivity index (χ0v) is 9.02. The molecule has 84 valence electrons. The Kier molecular flexibility index (Phi) is 7.01. The lowest BCUT2D eigenvalue weighted by Gasteiger charge is -2.11. The predicted octanol–water partition coefficient (Wildman–Crippen LogP) is 0.978. The van der Waals surface area contributed by atoms with E-state index in [-0.39, 0.29) is 6.54 Å². The van der Waals surface area contributed by atoms with Gasteiger partial charge in [-0.2, -0.15) is 0 Å². The van der Waals surface area contributed by atoms with Gasteiger partial charge in [0, 0.05) is 12.2 Å². The highest BCUT2D eigenvalue weighted by molar-refractivity contribution is 5.68. The van der Waals surface area contributed by atoms with Crippen molar-refractivity contribution in [2.75, 3.05) is 20.1 Å². The number of hydrogen-bond acceptors (Lipinski definition) is 3. The van der Waals surface area contributed by atoms with Crippen LogP contribution in [-0.4, -0.2) is 36.1 Å². The summed E-state index contributed by atoms with van der Waals surface area (Å²) in [4.78, 5) is 12.1. The molecule has 0 fully saturated rings.